The molecule has 5 nitrogen and oxygen atoms in total. The molecule has 0 radical (unpaired) electrons. The number of hydrogen-bond acceptors (Lipinski definition) is 5. The molecule has 16 heavy (non-hydrogen) atoms. The molecule has 0 aromatic carbocycles. The van der Waals surface area contributed by atoms with Crippen molar-refractivity contribution in [3.63, 3.8) is 0 Å². The molecule has 0 bridgehead atoms. The Balaban J connectivity index is 2.98. The summed E-state index contributed by atoms with van der Waals surface area (Å²) in [6.07, 6.45) is 0.132. The maximum atomic E-state index is 11.4. The Morgan fingerprint density at radius 2 is 2.00 bits per heavy atom. The second-order valence-corrected chi connectivity index (χ2v) is 3.64. The highest BCUT2D eigenvalue weighted by atomic mass is 16.7. The summed E-state index contributed by atoms with van der Waals surface area (Å²) in [4.78, 5) is 22.7. The molecule has 0 amide bonds. The van der Waals surface area contributed by atoms with Crippen molar-refractivity contribution in [3.05, 3.63) is 0 Å². The van der Waals surface area contributed by atoms with Crippen LogP contribution in [0.15, 0.2) is 0 Å². The van der Waals surface area contributed by atoms with Gasteiger partial charge in [0, 0.05) is 13.0 Å². The summed E-state index contributed by atoms with van der Waals surface area (Å²) in [5.74, 6) is -2.25. The molecule has 2 unspecified atom stereocenters. The van der Waals surface area contributed by atoms with Gasteiger partial charge in [0.15, 0.2) is 6.10 Å². The molecular weight excluding hydrogens is 212 g/mol. The van der Waals surface area contributed by atoms with E-state index in [1.165, 1.54) is 0 Å². The first-order valence-corrected chi connectivity index (χ1v) is 5.63. The number of cyclic esters (lactones) is 2. The average molecular weight is 230 g/mol. The highest BCUT2D eigenvalue weighted by Crippen LogP contribution is 2.30. The summed E-state index contributed by atoms with van der Waals surface area (Å²) < 4.78 is 15.9. The Morgan fingerprint density at radius 3 is 2.50 bits per heavy atom. The van der Waals surface area contributed by atoms with E-state index in [-0.39, 0.29) is 6.42 Å². The fraction of sp³-hybridized carbons (Fsp3) is 0.818. The highest BCUT2D eigenvalue weighted by Gasteiger charge is 2.46. The minimum absolute atomic E-state index is 0.342. The van der Waals surface area contributed by atoms with Crippen molar-refractivity contribution >= 4 is 11.9 Å². The smallest absolute Gasteiger partial charge is 0.319 e. The maximum absolute atomic E-state index is 11.4. The molecule has 0 spiro atoms. The van der Waals surface area contributed by atoms with Crippen molar-refractivity contribution in [2.75, 3.05) is 6.61 Å². The van der Waals surface area contributed by atoms with Gasteiger partial charge in [-0.15, -0.1) is 0 Å². The van der Waals surface area contributed by atoms with Gasteiger partial charge in [-0.1, -0.05) is 13.8 Å². The molecule has 0 aromatic heterocycles. The first kappa shape index (κ1) is 13.0. The van der Waals surface area contributed by atoms with Crippen LogP contribution in [0.5, 0.6) is 0 Å². The molecule has 5 heteroatoms. The second-order valence-electron chi connectivity index (χ2n) is 3.64. The fourth-order valence-corrected chi connectivity index (χ4v) is 1.87. The number of ether oxygens (including phenoxy) is 3. The van der Waals surface area contributed by atoms with Crippen LogP contribution in [0.3, 0.4) is 0 Å². The summed E-state index contributed by atoms with van der Waals surface area (Å²) in [7, 11) is 0. The van der Waals surface area contributed by atoms with Gasteiger partial charge in [0.05, 0.1) is 0 Å². The second kappa shape index (κ2) is 5.30. The number of esters is 2. The number of hydrogen-bond donors (Lipinski definition) is 0. The average Bonchev–Trinajstić information content (AvgIpc) is 2.35. The van der Waals surface area contributed by atoms with Gasteiger partial charge in [0.1, 0.15) is 6.42 Å². The van der Waals surface area contributed by atoms with E-state index in [4.69, 9.17) is 14.2 Å². The van der Waals surface area contributed by atoms with Crippen molar-refractivity contribution in [1.82, 2.24) is 0 Å². The van der Waals surface area contributed by atoms with E-state index >= 15 is 0 Å². The van der Waals surface area contributed by atoms with Crippen LogP contribution in [0.25, 0.3) is 0 Å². The zero-order valence-electron chi connectivity index (χ0n) is 9.95. The molecule has 1 rings (SSSR count). The van der Waals surface area contributed by atoms with E-state index < -0.39 is 23.8 Å². The van der Waals surface area contributed by atoms with Crippen LogP contribution in [0.1, 0.15) is 40.0 Å². The largest absolute Gasteiger partial charge is 0.455 e. The summed E-state index contributed by atoms with van der Waals surface area (Å²) in [6.45, 7) is 5.91. The Hall–Kier alpha value is -1.10. The molecule has 2 atom stereocenters. The summed E-state index contributed by atoms with van der Waals surface area (Å²) in [5, 5.41) is 0. The molecule has 0 saturated carbocycles. The van der Waals surface area contributed by atoms with Gasteiger partial charge in [-0.3, -0.25) is 9.59 Å². The lowest BCUT2D eigenvalue weighted by Crippen LogP contribution is -2.48. The Labute approximate surface area is 95.0 Å². The van der Waals surface area contributed by atoms with E-state index in [0.717, 1.165) is 0 Å². The van der Waals surface area contributed by atoms with Crippen molar-refractivity contribution in [3.8, 4) is 0 Å². The first-order valence-electron chi connectivity index (χ1n) is 5.63. The predicted molar refractivity (Wildman–Crippen MR) is 55.5 cm³/mol. The third kappa shape index (κ3) is 2.52. The van der Waals surface area contributed by atoms with Gasteiger partial charge >= 0.3 is 11.9 Å². The molecule has 0 aromatic rings. The van der Waals surface area contributed by atoms with Crippen molar-refractivity contribution < 1.29 is 23.8 Å². The van der Waals surface area contributed by atoms with Crippen LogP contribution < -0.4 is 0 Å². The fourth-order valence-electron chi connectivity index (χ4n) is 1.87. The molecular formula is C11H18O5. The maximum Gasteiger partial charge on any atom is 0.319 e. The highest BCUT2D eigenvalue weighted by molar-refractivity contribution is 5.92. The molecule has 92 valence electrons. The van der Waals surface area contributed by atoms with Crippen LogP contribution in [0.4, 0.5) is 0 Å². The third-order valence-electron chi connectivity index (χ3n) is 2.59. The topological polar surface area (TPSA) is 61.8 Å². The number of rotatable bonds is 4. The standard InChI is InChI=1S/C11H18O5/c1-4-8-11(5-2,14-6-3)16-10(13)7-9(12)15-8/h8H,4-7H2,1-3H3. The van der Waals surface area contributed by atoms with Gasteiger partial charge in [-0.2, -0.15) is 0 Å². The summed E-state index contributed by atoms with van der Waals surface area (Å²) >= 11 is 0. The minimum atomic E-state index is -1.12. The number of carbonyl (C=O) groups is 2. The van der Waals surface area contributed by atoms with Crippen LogP contribution in [0, 0.1) is 0 Å². The van der Waals surface area contributed by atoms with Crippen molar-refractivity contribution in [1.29, 1.82) is 0 Å². The number of carbonyl (C=O) groups excluding carboxylic acids is 2. The molecule has 0 aliphatic carbocycles. The molecule has 1 aliphatic rings. The molecule has 1 saturated heterocycles. The zero-order valence-corrected chi connectivity index (χ0v) is 9.95. The zero-order chi connectivity index (χ0) is 12.2. The van der Waals surface area contributed by atoms with E-state index in [0.29, 0.717) is 19.4 Å². The van der Waals surface area contributed by atoms with Gasteiger partial charge in [-0.25, -0.2) is 0 Å². The quantitative estimate of drug-likeness (QED) is 0.539. The molecule has 1 aliphatic heterocycles. The molecule has 1 heterocycles. The third-order valence-corrected chi connectivity index (χ3v) is 2.59. The first-order chi connectivity index (χ1) is 7.57. The Kier molecular flexibility index (Phi) is 4.29. The lowest BCUT2D eigenvalue weighted by molar-refractivity contribution is -0.267. The van der Waals surface area contributed by atoms with Crippen molar-refractivity contribution in [2.45, 2.75) is 51.9 Å². The summed E-state index contributed by atoms with van der Waals surface area (Å²) in [5.41, 5.74) is 0. The van der Waals surface area contributed by atoms with Crippen LogP contribution in [-0.2, 0) is 23.8 Å². The van der Waals surface area contributed by atoms with Crippen molar-refractivity contribution in [2.24, 2.45) is 0 Å². The molecule has 1 fully saturated rings. The monoisotopic (exact) mass is 230 g/mol. The van der Waals surface area contributed by atoms with Gasteiger partial charge < -0.3 is 14.2 Å². The summed E-state index contributed by atoms with van der Waals surface area (Å²) in [6, 6.07) is 0. The van der Waals surface area contributed by atoms with Crippen LogP contribution in [-0.4, -0.2) is 30.4 Å². The van der Waals surface area contributed by atoms with Gasteiger partial charge in [0.2, 0.25) is 0 Å². The lowest BCUT2D eigenvalue weighted by atomic mass is 10.0. The Bertz CT molecular complexity index is 276. The lowest BCUT2D eigenvalue weighted by Gasteiger charge is -2.35. The SMILES string of the molecule is CCOC1(CC)OC(=O)CC(=O)OC1CC. The van der Waals surface area contributed by atoms with E-state index in [1.54, 1.807) is 0 Å². The van der Waals surface area contributed by atoms with Gasteiger partial charge in [-0.05, 0) is 13.3 Å². The van der Waals surface area contributed by atoms with Crippen LogP contribution in [0.2, 0.25) is 0 Å². The van der Waals surface area contributed by atoms with E-state index in [1.807, 2.05) is 20.8 Å². The Morgan fingerprint density at radius 1 is 1.31 bits per heavy atom. The van der Waals surface area contributed by atoms with Crippen LogP contribution >= 0.6 is 0 Å². The van der Waals surface area contributed by atoms with E-state index in [2.05, 4.69) is 0 Å². The predicted octanol–water partition coefficient (Wildman–Crippen LogP) is 1.40. The van der Waals surface area contributed by atoms with Gasteiger partial charge in [0.25, 0.3) is 5.79 Å². The molecule has 0 N–H and O–H groups in total. The minimum Gasteiger partial charge on any atom is -0.455 e. The van der Waals surface area contributed by atoms with E-state index in [9.17, 15) is 9.59 Å². The normalized spacial score (nSPS) is 30.6.